The second-order valence-electron chi connectivity index (χ2n) is 3.97. The van der Waals surface area contributed by atoms with E-state index in [4.69, 9.17) is 0 Å². The fourth-order valence-corrected chi connectivity index (χ4v) is 1.41. The average Bonchev–Trinajstić information content (AvgIpc) is 1.53. The quantitative estimate of drug-likeness (QED) is 0.620. The summed E-state index contributed by atoms with van der Waals surface area (Å²) in [7, 11) is 7.85. The number of likely N-dealkylation sites (N-methyl/N-ethyl adjacent to an activating group) is 2. The third-order valence-corrected chi connectivity index (χ3v) is 1.31. The number of aliphatic hydroxyl groups is 1. The second-order valence-corrected chi connectivity index (χ2v) is 3.97. The molecular weight excluding hydrogens is 140 g/mol. The molecule has 0 saturated carbocycles. The molecule has 3 nitrogen and oxygen atoms in total. The molecule has 0 aliphatic rings. The van der Waals surface area contributed by atoms with Crippen molar-refractivity contribution in [2.75, 3.05) is 41.3 Å². The lowest BCUT2D eigenvalue weighted by molar-refractivity contribution is 0.0115. The van der Waals surface area contributed by atoms with Gasteiger partial charge in [0.1, 0.15) is 0 Å². The molecule has 68 valence electrons. The predicted molar refractivity (Wildman–Crippen MR) is 47.7 cm³/mol. The lowest BCUT2D eigenvalue weighted by atomic mass is 10.1. The predicted octanol–water partition coefficient (Wildman–Crippen LogP) is -0.139. The van der Waals surface area contributed by atoms with Crippen LogP contribution in [-0.4, -0.2) is 61.8 Å². The van der Waals surface area contributed by atoms with Gasteiger partial charge in [-0.2, -0.15) is 0 Å². The molecule has 0 aromatic rings. The van der Waals surface area contributed by atoms with Crippen LogP contribution >= 0.6 is 0 Å². The minimum atomic E-state index is -0.604. The molecule has 0 aliphatic carbocycles. The molecule has 0 aromatic carbocycles. The van der Waals surface area contributed by atoms with Crippen LogP contribution in [0.2, 0.25) is 0 Å². The van der Waals surface area contributed by atoms with Crippen LogP contribution in [0.3, 0.4) is 0 Å². The average molecular weight is 160 g/mol. The van der Waals surface area contributed by atoms with Crippen LogP contribution in [0.5, 0.6) is 0 Å². The Balaban J connectivity index is 3.79. The Morgan fingerprint density at radius 3 is 1.45 bits per heavy atom. The van der Waals surface area contributed by atoms with Crippen molar-refractivity contribution >= 4 is 0 Å². The van der Waals surface area contributed by atoms with Crippen LogP contribution in [0.25, 0.3) is 0 Å². The SMILES string of the molecule is CN(C)CC(C)(O)CN(C)C. The smallest absolute Gasteiger partial charge is 0.0871 e. The summed E-state index contributed by atoms with van der Waals surface area (Å²) in [6.45, 7) is 3.25. The van der Waals surface area contributed by atoms with E-state index in [9.17, 15) is 5.11 Å². The fourth-order valence-electron chi connectivity index (χ4n) is 1.41. The summed E-state index contributed by atoms with van der Waals surface area (Å²) in [4.78, 5) is 3.98. The van der Waals surface area contributed by atoms with Gasteiger partial charge in [-0.25, -0.2) is 0 Å². The zero-order valence-electron chi connectivity index (χ0n) is 8.26. The van der Waals surface area contributed by atoms with Gasteiger partial charge in [0.05, 0.1) is 5.60 Å². The topological polar surface area (TPSA) is 26.7 Å². The van der Waals surface area contributed by atoms with E-state index in [0.717, 1.165) is 0 Å². The minimum Gasteiger partial charge on any atom is -0.388 e. The normalized spacial score (nSPS) is 13.1. The lowest BCUT2D eigenvalue weighted by Gasteiger charge is -2.29. The summed E-state index contributed by atoms with van der Waals surface area (Å²) in [6, 6.07) is 0. The van der Waals surface area contributed by atoms with E-state index in [1.54, 1.807) is 0 Å². The first-order chi connectivity index (χ1) is 4.83. The van der Waals surface area contributed by atoms with Gasteiger partial charge in [-0.05, 0) is 35.1 Å². The first-order valence-corrected chi connectivity index (χ1v) is 3.85. The maximum atomic E-state index is 9.77. The van der Waals surface area contributed by atoms with Crippen LogP contribution in [-0.2, 0) is 0 Å². The minimum absolute atomic E-state index is 0.604. The number of hydrogen-bond donors (Lipinski definition) is 1. The Kier molecular flexibility index (Phi) is 4.00. The van der Waals surface area contributed by atoms with Crippen LogP contribution < -0.4 is 0 Å². The standard InChI is InChI=1S/C8H20N2O/c1-8(11,6-9(2)3)7-10(4)5/h11H,6-7H2,1-5H3. The van der Waals surface area contributed by atoms with E-state index in [1.807, 2.05) is 44.9 Å². The van der Waals surface area contributed by atoms with Gasteiger partial charge in [0.2, 0.25) is 0 Å². The van der Waals surface area contributed by atoms with E-state index in [1.165, 1.54) is 0 Å². The number of hydrogen-bond acceptors (Lipinski definition) is 3. The molecule has 0 bridgehead atoms. The van der Waals surface area contributed by atoms with Crippen molar-refractivity contribution in [2.24, 2.45) is 0 Å². The third kappa shape index (κ3) is 6.28. The van der Waals surface area contributed by atoms with Crippen LogP contribution in [0.4, 0.5) is 0 Å². The molecule has 0 amide bonds. The van der Waals surface area contributed by atoms with Gasteiger partial charge in [0, 0.05) is 13.1 Å². The summed E-state index contributed by atoms with van der Waals surface area (Å²) in [5.74, 6) is 0. The molecule has 0 fully saturated rings. The molecule has 0 heterocycles. The molecular formula is C8H20N2O. The first-order valence-electron chi connectivity index (χ1n) is 3.85. The van der Waals surface area contributed by atoms with Crippen LogP contribution in [0, 0.1) is 0 Å². The molecule has 0 atom stereocenters. The second kappa shape index (κ2) is 4.04. The van der Waals surface area contributed by atoms with Crippen molar-refractivity contribution in [3.05, 3.63) is 0 Å². The van der Waals surface area contributed by atoms with Crippen molar-refractivity contribution in [3.63, 3.8) is 0 Å². The fraction of sp³-hybridized carbons (Fsp3) is 1.00. The highest BCUT2D eigenvalue weighted by Crippen LogP contribution is 2.04. The Labute approximate surface area is 69.6 Å². The molecule has 0 unspecified atom stereocenters. The number of rotatable bonds is 4. The number of nitrogens with zero attached hydrogens (tertiary/aromatic N) is 2. The highest BCUT2D eigenvalue weighted by atomic mass is 16.3. The van der Waals surface area contributed by atoms with Gasteiger partial charge in [-0.15, -0.1) is 0 Å². The van der Waals surface area contributed by atoms with Gasteiger partial charge >= 0.3 is 0 Å². The van der Waals surface area contributed by atoms with E-state index in [0.29, 0.717) is 13.1 Å². The zero-order chi connectivity index (χ0) is 9.07. The summed E-state index contributed by atoms with van der Waals surface area (Å²) >= 11 is 0. The molecule has 0 spiro atoms. The molecule has 11 heavy (non-hydrogen) atoms. The largest absolute Gasteiger partial charge is 0.388 e. The Morgan fingerprint density at radius 2 is 1.27 bits per heavy atom. The summed E-state index contributed by atoms with van der Waals surface area (Å²) < 4.78 is 0. The molecule has 0 aliphatic heterocycles. The molecule has 0 rings (SSSR count). The Morgan fingerprint density at radius 1 is 1.00 bits per heavy atom. The van der Waals surface area contributed by atoms with Gasteiger partial charge in [-0.3, -0.25) is 0 Å². The molecule has 3 heteroatoms. The molecule has 1 N–H and O–H groups in total. The Hall–Kier alpha value is -0.120. The monoisotopic (exact) mass is 160 g/mol. The zero-order valence-corrected chi connectivity index (χ0v) is 8.26. The van der Waals surface area contributed by atoms with E-state index < -0.39 is 5.60 Å². The highest BCUT2D eigenvalue weighted by molar-refractivity contribution is 4.77. The van der Waals surface area contributed by atoms with Crippen LogP contribution in [0.1, 0.15) is 6.92 Å². The van der Waals surface area contributed by atoms with Gasteiger partial charge < -0.3 is 14.9 Å². The van der Waals surface area contributed by atoms with E-state index in [-0.39, 0.29) is 0 Å². The summed E-state index contributed by atoms with van der Waals surface area (Å²) in [5, 5.41) is 9.77. The molecule has 0 radical (unpaired) electrons. The third-order valence-electron chi connectivity index (χ3n) is 1.31. The van der Waals surface area contributed by atoms with E-state index >= 15 is 0 Å². The maximum Gasteiger partial charge on any atom is 0.0871 e. The van der Waals surface area contributed by atoms with Gasteiger partial charge in [0.15, 0.2) is 0 Å². The van der Waals surface area contributed by atoms with Crippen molar-refractivity contribution in [2.45, 2.75) is 12.5 Å². The Bertz CT molecular complexity index is 98.7. The van der Waals surface area contributed by atoms with Crippen molar-refractivity contribution in [1.82, 2.24) is 9.80 Å². The molecule has 0 aromatic heterocycles. The van der Waals surface area contributed by atoms with Crippen molar-refractivity contribution < 1.29 is 5.11 Å². The highest BCUT2D eigenvalue weighted by Gasteiger charge is 2.21. The summed E-state index contributed by atoms with van der Waals surface area (Å²) in [5.41, 5.74) is -0.604. The van der Waals surface area contributed by atoms with E-state index in [2.05, 4.69) is 0 Å². The van der Waals surface area contributed by atoms with Gasteiger partial charge in [0.25, 0.3) is 0 Å². The molecule has 0 saturated heterocycles. The summed E-state index contributed by atoms with van der Waals surface area (Å²) in [6.07, 6.45) is 0. The first kappa shape index (κ1) is 10.9. The van der Waals surface area contributed by atoms with Crippen molar-refractivity contribution in [3.8, 4) is 0 Å². The van der Waals surface area contributed by atoms with Gasteiger partial charge in [-0.1, -0.05) is 0 Å². The lowest BCUT2D eigenvalue weighted by Crippen LogP contribution is -2.45. The maximum absolute atomic E-state index is 9.77. The van der Waals surface area contributed by atoms with Crippen LogP contribution in [0.15, 0.2) is 0 Å². The van der Waals surface area contributed by atoms with Crippen molar-refractivity contribution in [1.29, 1.82) is 0 Å².